The van der Waals surface area contributed by atoms with Crippen LogP contribution in [0, 0.1) is 0 Å². The lowest BCUT2D eigenvalue weighted by atomic mass is 10.1. The van der Waals surface area contributed by atoms with Gasteiger partial charge in [0, 0.05) is 10.6 Å². The molecular weight excluding hydrogens is 286 g/mol. The van der Waals surface area contributed by atoms with Crippen molar-refractivity contribution in [3.63, 3.8) is 0 Å². The first kappa shape index (κ1) is 16.1. The summed E-state index contributed by atoms with van der Waals surface area (Å²) in [5, 5.41) is 4.13. The lowest BCUT2D eigenvalue weighted by Gasteiger charge is -2.19. The molecule has 2 aromatic rings. The molecule has 21 heavy (non-hydrogen) atoms. The average Bonchev–Trinajstić information content (AvgIpc) is 2.86. The smallest absolute Gasteiger partial charge is 0.129 e. The van der Waals surface area contributed by atoms with Crippen molar-refractivity contribution in [1.82, 2.24) is 5.32 Å². The van der Waals surface area contributed by atoms with Crippen molar-refractivity contribution in [2.24, 2.45) is 0 Å². The van der Waals surface area contributed by atoms with Gasteiger partial charge < -0.3 is 14.5 Å². The molecule has 114 valence electrons. The second kappa shape index (κ2) is 7.12. The minimum atomic E-state index is 0.0814. The summed E-state index contributed by atoms with van der Waals surface area (Å²) >= 11 is 5.84. The number of nitrogens with one attached hydrogen (secondary N) is 1. The molecule has 0 fully saturated rings. The normalized spacial score (nSPS) is 11.8. The number of halogens is 1. The van der Waals surface area contributed by atoms with Gasteiger partial charge in [0.25, 0.3) is 0 Å². The van der Waals surface area contributed by atoms with Crippen LogP contribution in [0.1, 0.15) is 37.9 Å². The standard InChI is InChI=1S/C17H22ClNO2/c1-17(2,3)19-10-15-8-9-16(21-15)12-20-11-13-4-6-14(18)7-5-13/h4-9,19H,10-12H2,1-3H3. The molecule has 0 unspecified atom stereocenters. The Labute approximate surface area is 131 Å². The van der Waals surface area contributed by atoms with Crippen LogP contribution in [0.25, 0.3) is 0 Å². The number of hydrogen-bond donors (Lipinski definition) is 1. The Bertz CT molecular complexity index is 555. The number of benzene rings is 1. The van der Waals surface area contributed by atoms with E-state index in [4.69, 9.17) is 20.8 Å². The molecule has 0 aliphatic carbocycles. The monoisotopic (exact) mass is 307 g/mol. The fourth-order valence-corrected chi connectivity index (χ4v) is 1.92. The number of rotatable bonds is 6. The van der Waals surface area contributed by atoms with Crippen molar-refractivity contribution in [2.75, 3.05) is 0 Å². The van der Waals surface area contributed by atoms with Crippen LogP contribution < -0.4 is 5.32 Å². The Kier molecular flexibility index (Phi) is 5.45. The Morgan fingerprint density at radius 2 is 1.67 bits per heavy atom. The number of ether oxygens (including phenoxy) is 1. The van der Waals surface area contributed by atoms with Crippen LogP contribution >= 0.6 is 11.6 Å². The predicted molar refractivity (Wildman–Crippen MR) is 85.2 cm³/mol. The van der Waals surface area contributed by atoms with Gasteiger partial charge in [0.2, 0.25) is 0 Å². The zero-order valence-electron chi connectivity index (χ0n) is 12.8. The minimum Gasteiger partial charge on any atom is -0.462 e. The SMILES string of the molecule is CC(C)(C)NCc1ccc(COCc2ccc(Cl)cc2)o1. The van der Waals surface area contributed by atoms with Crippen molar-refractivity contribution in [2.45, 2.75) is 46.1 Å². The number of hydrogen-bond acceptors (Lipinski definition) is 3. The highest BCUT2D eigenvalue weighted by molar-refractivity contribution is 6.30. The molecule has 0 saturated carbocycles. The molecule has 0 spiro atoms. The largest absolute Gasteiger partial charge is 0.462 e. The molecule has 0 atom stereocenters. The molecular formula is C17H22ClNO2. The summed E-state index contributed by atoms with van der Waals surface area (Å²) in [4.78, 5) is 0. The van der Waals surface area contributed by atoms with Gasteiger partial charge in [-0.25, -0.2) is 0 Å². The van der Waals surface area contributed by atoms with E-state index in [0.29, 0.717) is 13.2 Å². The highest BCUT2D eigenvalue weighted by Gasteiger charge is 2.10. The third kappa shape index (κ3) is 5.92. The van der Waals surface area contributed by atoms with Gasteiger partial charge >= 0.3 is 0 Å². The van der Waals surface area contributed by atoms with Crippen LogP contribution in [0.4, 0.5) is 0 Å². The maximum absolute atomic E-state index is 5.84. The van der Waals surface area contributed by atoms with Gasteiger partial charge in [0.15, 0.2) is 0 Å². The van der Waals surface area contributed by atoms with Crippen molar-refractivity contribution < 1.29 is 9.15 Å². The van der Waals surface area contributed by atoms with Gasteiger partial charge in [0.1, 0.15) is 18.1 Å². The zero-order chi connectivity index (χ0) is 15.3. The van der Waals surface area contributed by atoms with E-state index in [1.165, 1.54) is 0 Å². The van der Waals surface area contributed by atoms with Crippen molar-refractivity contribution in [3.8, 4) is 0 Å². The summed E-state index contributed by atoms with van der Waals surface area (Å²) < 4.78 is 11.4. The molecule has 1 aromatic heterocycles. The lowest BCUT2D eigenvalue weighted by molar-refractivity contribution is 0.0919. The Morgan fingerprint density at radius 1 is 1.00 bits per heavy atom. The fraction of sp³-hybridized carbons (Fsp3) is 0.412. The van der Waals surface area contributed by atoms with Crippen LogP contribution in [-0.2, 0) is 24.5 Å². The molecule has 1 heterocycles. The lowest BCUT2D eigenvalue weighted by Crippen LogP contribution is -2.34. The molecule has 1 aromatic carbocycles. The second-order valence-electron chi connectivity index (χ2n) is 6.09. The van der Waals surface area contributed by atoms with Crippen molar-refractivity contribution in [1.29, 1.82) is 0 Å². The fourth-order valence-electron chi connectivity index (χ4n) is 1.80. The van der Waals surface area contributed by atoms with E-state index >= 15 is 0 Å². The summed E-state index contributed by atoms with van der Waals surface area (Å²) in [6, 6.07) is 11.6. The van der Waals surface area contributed by atoms with Crippen molar-refractivity contribution in [3.05, 3.63) is 58.5 Å². The molecule has 0 aliphatic heterocycles. The van der Waals surface area contributed by atoms with E-state index in [2.05, 4.69) is 26.1 Å². The van der Waals surface area contributed by atoms with E-state index in [9.17, 15) is 0 Å². The van der Waals surface area contributed by atoms with E-state index < -0.39 is 0 Å². The Balaban J connectivity index is 1.76. The summed E-state index contributed by atoms with van der Waals surface area (Å²) in [6.07, 6.45) is 0. The van der Waals surface area contributed by atoms with E-state index in [1.807, 2.05) is 36.4 Å². The van der Waals surface area contributed by atoms with Gasteiger partial charge in [-0.05, 0) is 50.6 Å². The van der Waals surface area contributed by atoms with Crippen LogP contribution in [0.3, 0.4) is 0 Å². The third-order valence-corrected chi connectivity index (χ3v) is 3.19. The van der Waals surface area contributed by atoms with Crippen molar-refractivity contribution >= 4 is 11.6 Å². The first-order valence-electron chi connectivity index (χ1n) is 7.07. The maximum atomic E-state index is 5.84. The highest BCUT2D eigenvalue weighted by Crippen LogP contribution is 2.13. The van der Waals surface area contributed by atoms with Crippen LogP contribution in [0.15, 0.2) is 40.8 Å². The molecule has 0 saturated heterocycles. The number of furan rings is 1. The van der Waals surface area contributed by atoms with Gasteiger partial charge in [-0.1, -0.05) is 23.7 Å². The quantitative estimate of drug-likeness (QED) is 0.851. The van der Waals surface area contributed by atoms with Gasteiger partial charge in [0.05, 0.1) is 13.2 Å². The molecule has 0 amide bonds. The summed E-state index contributed by atoms with van der Waals surface area (Å²) in [5.74, 6) is 1.77. The van der Waals surface area contributed by atoms with Gasteiger partial charge in [-0.3, -0.25) is 0 Å². The van der Waals surface area contributed by atoms with Crippen LogP contribution in [0.5, 0.6) is 0 Å². The molecule has 0 bridgehead atoms. The van der Waals surface area contributed by atoms with Crippen LogP contribution in [-0.4, -0.2) is 5.54 Å². The third-order valence-electron chi connectivity index (χ3n) is 2.94. The minimum absolute atomic E-state index is 0.0814. The van der Waals surface area contributed by atoms with E-state index in [0.717, 1.165) is 28.7 Å². The molecule has 0 aliphatic rings. The van der Waals surface area contributed by atoms with Crippen LogP contribution in [0.2, 0.25) is 5.02 Å². The Morgan fingerprint density at radius 3 is 2.33 bits per heavy atom. The summed E-state index contributed by atoms with van der Waals surface area (Å²) in [7, 11) is 0. The van der Waals surface area contributed by atoms with E-state index in [-0.39, 0.29) is 5.54 Å². The first-order valence-corrected chi connectivity index (χ1v) is 7.45. The topological polar surface area (TPSA) is 34.4 Å². The zero-order valence-corrected chi connectivity index (χ0v) is 13.5. The average molecular weight is 308 g/mol. The highest BCUT2D eigenvalue weighted by atomic mass is 35.5. The molecule has 0 radical (unpaired) electrons. The summed E-state index contributed by atoms with van der Waals surface area (Å²) in [6.45, 7) is 8.14. The van der Waals surface area contributed by atoms with E-state index in [1.54, 1.807) is 0 Å². The Hall–Kier alpha value is -1.29. The van der Waals surface area contributed by atoms with Gasteiger partial charge in [-0.15, -0.1) is 0 Å². The second-order valence-corrected chi connectivity index (χ2v) is 6.53. The summed E-state index contributed by atoms with van der Waals surface area (Å²) in [5.41, 5.74) is 1.18. The molecule has 3 nitrogen and oxygen atoms in total. The molecule has 2 rings (SSSR count). The first-order chi connectivity index (χ1) is 9.92. The molecule has 4 heteroatoms. The van der Waals surface area contributed by atoms with Gasteiger partial charge in [-0.2, -0.15) is 0 Å². The molecule has 1 N–H and O–H groups in total. The predicted octanol–water partition coefficient (Wildman–Crippen LogP) is 4.54. The maximum Gasteiger partial charge on any atom is 0.129 e.